The van der Waals surface area contributed by atoms with Crippen molar-refractivity contribution in [2.45, 2.75) is 118 Å². The van der Waals surface area contributed by atoms with Crippen molar-refractivity contribution in [2.75, 3.05) is 0 Å². The van der Waals surface area contributed by atoms with E-state index in [9.17, 15) is 0 Å². The fourth-order valence-electron chi connectivity index (χ4n) is 7.34. The first-order valence-electron chi connectivity index (χ1n) is 20.3. The van der Waals surface area contributed by atoms with Crippen molar-refractivity contribution in [3.05, 3.63) is 132 Å². The Morgan fingerprint density at radius 2 is 1.02 bits per heavy atom. The van der Waals surface area contributed by atoms with Gasteiger partial charge in [0, 0.05) is 6.21 Å². The van der Waals surface area contributed by atoms with Crippen LogP contribution in [0.4, 0.5) is 11.4 Å². The molecule has 0 saturated heterocycles. The third kappa shape index (κ3) is 11.0. The fraction of sp³-hybridized carbons (Fsp3) is 0.360. The lowest BCUT2D eigenvalue weighted by Crippen LogP contribution is -2.01. The van der Waals surface area contributed by atoms with Crippen molar-refractivity contribution < 1.29 is 0 Å². The highest BCUT2D eigenvalue weighted by atomic mass is 14.8. The van der Waals surface area contributed by atoms with Crippen LogP contribution in [0.2, 0.25) is 0 Å². The van der Waals surface area contributed by atoms with Gasteiger partial charge in [-0.05, 0) is 113 Å². The molecule has 0 aliphatic heterocycles. The molecular formula is C50H60N2. The van der Waals surface area contributed by atoms with Gasteiger partial charge in [-0.25, -0.2) is 0 Å². The third-order valence-electron chi connectivity index (χ3n) is 10.2. The van der Waals surface area contributed by atoms with Gasteiger partial charge >= 0.3 is 0 Å². The first kappa shape index (κ1) is 38.7. The number of benzene rings is 5. The van der Waals surface area contributed by atoms with Crippen LogP contribution in [-0.4, -0.2) is 11.9 Å². The van der Waals surface area contributed by atoms with Gasteiger partial charge in [0.25, 0.3) is 0 Å². The molecule has 2 heteroatoms. The normalized spacial score (nSPS) is 11.8. The standard InChI is InChI=1S/C50H60N2/c1-5-9-11-13-14-25-33-47-43(32-18-12-10-6-2)35-46(37-48(47)40-26-19-15-20-27-40)52-44(8-4)38-51-45-34-39(7-3)50(42-30-23-17-24-31-42)49(36-45)41-28-21-16-22-29-41/h15-17,19-24,26-31,34-38H,5-14,18,25,32-33H2,1-4H3. The number of rotatable bonds is 20. The van der Waals surface area contributed by atoms with Crippen molar-refractivity contribution in [3.63, 3.8) is 0 Å². The number of nitrogens with zero attached hydrogens (tertiary/aromatic N) is 2. The average molecular weight is 689 g/mol. The van der Waals surface area contributed by atoms with Crippen molar-refractivity contribution in [2.24, 2.45) is 9.98 Å². The Hall–Kier alpha value is -4.56. The molecule has 0 saturated carbocycles. The summed E-state index contributed by atoms with van der Waals surface area (Å²) in [6.45, 7) is 9.02. The van der Waals surface area contributed by atoms with Crippen LogP contribution in [0.25, 0.3) is 33.4 Å². The molecule has 0 bridgehead atoms. The van der Waals surface area contributed by atoms with Crippen LogP contribution >= 0.6 is 0 Å². The Labute approximate surface area is 315 Å². The molecule has 0 aliphatic rings. The first-order valence-corrected chi connectivity index (χ1v) is 20.3. The molecule has 2 nitrogen and oxygen atoms in total. The maximum Gasteiger partial charge on any atom is 0.0642 e. The zero-order chi connectivity index (χ0) is 36.4. The van der Waals surface area contributed by atoms with Crippen LogP contribution in [0, 0.1) is 0 Å². The topological polar surface area (TPSA) is 24.7 Å². The van der Waals surface area contributed by atoms with E-state index in [2.05, 4.69) is 143 Å². The molecule has 0 heterocycles. The van der Waals surface area contributed by atoms with Crippen LogP contribution < -0.4 is 0 Å². The monoisotopic (exact) mass is 688 g/mol. The number of aliphatic imine (C=N–C) groups is 2. The van der Waals surface area contributed by atoms with Crippen LogP contribution in [0.5, 0.6) is 0 Å². The van der Waals surface area contributed by atoms with Crippen LogP contribution in [0.15, 0.2) is 125 Å². The van der Waals surface area contributed by atoms with Gasteiger partial charge in [0.05, 0.1) is 17.1 Å². The van der Waals surface area contributed by atoms with Gasteiger partial charge < -0.3 is 0 Å². The van der Waals surface area contributed by atoms with Gasteiger partial charge in [0.1, 0.15) is 0 Å². The van der Waals surface area contributed by atoms with Crippen molar-refractivity contribution in [3.8, 4) is 33.4 Å². The Morgan fingerprint density at radius 1 is 0.500 bits per heavy atom. The quantitative estimate of drug-likeness (QED) is 0.0574. The lowest BCUT2D eigenvalue weighted by atomic mass is 9.88. The second kappa shape index (κ2) is 21.1. The molecule has 0 radical (unpaired) electrons. The minimum atomic E-state index is 0.809. The summed E-state index contributed by atoms with van der Waals surface area (Å²) in [6.07, 6.45) is 18.9. The maximum absolute atomic E-state index is 5.31. The molecule has 0 aromatic heterocycles. The van der Waals surface area contributed by atoms with E-state index in [0.717, 1.165) is 42.8 Å². The second-order valence-corrected chi connectivity index (χ2v) is 14.2. The van der Waals surface area contributed by atoms with Crippen LogP contribution in [0.3, 0.4) is 0 Å². The molecule has 0 amide bonds. The van der Waals surface area contributed by atoms with Crippen molar-refractivity contribution in [1.29, 1.82) is 0 Å². The lowest BCUT2D eigenvalue weighted by Gasteiger charge is -2.18. The minimum Gasteiger partial charge on any atom is -0.255 e. The van der Waals surface area contributed by atoms with E-state index >= 15 is 0 Å². The zero-order valence-electron chi connectivity index (χ0n) is 32.3. The van der Waals surface area contributed by atoms with Gasteiger partial charge in [-0.1, -0.05) is 170 Å². The fourth-order valence-corrected chi connectivity index (χ4v) is 7.34. The van der Waals surface area contributed by atoms with E-state index in [0.29, 0.717) is 0 Å². The minimum absolute atomic E-state index is 0.809. The largest absolute Gasteiger partial charge is 0.255 e. The molecular weight excluding hydrogens is 629 g/mol. The molecule has 5 aromatic carbocycles. The zero-order valence-corrected chi connectivity index (χ0v) is 32.3. The maximum atomic E-state index is 5.31. The van der Waals surface area contributed by atoms with E-state index in [1.807, 2.05) is 6.21 Å². The molecule has 0 unspecified atom stereocenters. The highest BCUT2D eigenvalue weighted by Crippen LogP contribution is 2.39. The third-order valence-corrected chi connectivity index (χ3v) is 10.2. The molecule has 52 heavy (non-hydrogen) atoms. The van der Waals surface area contributed by atoms with Crippen molar-refractivity contribution >= 4 is 23.3 Å². The SMILES string of the molecule is CCCCCCCCc1c(CCCCCC)cc(N=C(C=Nc2cc(CC)c(-c3ccccc3)c(-c3ccccc3)c2)CC)cc1-c1ccccc1. The first-order chi connectivity index (χ1) is 25.6. The number of hydrogen-bond donors (Lipinski definition) is 0. The summed E-state index contributed by atoms with van der Waals surface area (Å²) in [5.74, 6) is 0. The van der Waals surface area contributed by atoms with E-state index in [-0.39, 0.29) is 0 Å². The van der Waals surface area contributed by atoms with E-state index in [4.69, 9.17) is 9.98 Å². The Morgan fingerprint density at radius 3 is 1.63 bits per heavy atom. The molecule has 0 N–H and O–H groups in total. The summed E-state index contributed by atoms with van der Waals surface area (Å²) in [5.41, 5.74) is 14.9. The van der Waals surface area contributed by atoms with Crippen LogP contribution in [0.1, 0.15) is 115 Å². The number of unbranched alkanes of at least 4 members (excludes halogenated alkanes) is 8. The van der Waals surface area contributed by atoms with Gasteiger partial charge in [-0.15, -0.1) is 0 Å². The highest BCUT2D eigenvalue weighted by molar-refractivity contribution is 6.31. The molecule has 0 atom stereocenters. The highest BCUT2D eigenvalue weighted by Gasteiger charge is 2.15. The second-order valence-electron chi connectivity index (χ2n) is 14.2. The molecule has 5 rings (SSSR count). The van der Waals surface area contributed by atoms with Gasteiger partial charge in [-0.2, -0.15) is 0 Å². The molecule has 5 aromatic rings. The lowest BCUT2D eigenvalue weighted by molar-refractivity contribution is 0.605. The summed E-state index contributed by atoms with van der Waals surface area (Å²) < 4.78 is 0. The number of hydrogen-bond acceptors (Lipinski definition) is 2. The Kier molecular flexibility index (Phi) is 15.7. The summed E-state index contributed by atoms with van der Waals surface area (Å²) in [4.78, 5) is 10.4. The van der Waals surface area contributed by atoms with Crippen LogP contribution in [-0.2, 0) is 19.3 Å². The smallest absolute Gasteiger partial charge is 0.0642 e. The summed E-state index contributed by atoms with van der Waals surface area (Å²) in [7, 11) is 0. The predicted molar refractivity (Wildman–Crippen MR) is 229 cm³/mol. The van der Waals surface area contributed by atoms with Gasteiger partial charge in [0.15, 0.2) is 0 Å². The Balaban J connectivity index is 1.52. The summed E-state index contributed by atoms with van der Waals surface area (Å²) >= 11 is 0. The predicted octanol–water partition coefficient (Wildman–Crippen LogP) is 15.2. The van der Waals surface area contributed by atoms with Gasteiger partial charge in [0.2, 0.25) is 0 Å². The van der Waals surface area contributed by atoms with Crippen molar-refractivity contribution in [1.82, 2.24) is 0 Å². The molecule has 0 spiro atoms. The average Bonchev–Trinajstić information content (AvgIpc) is 3.20. The number of aryl methyl sites for hydroxylation is 2. The van der Waals surface area contributed by atoms with E-state index in [1.54, 1.807) is 0 Å². The van der Waals surface area contributed by atoms with E-state index in [1.165, 1.54) is 114 Å². The Bertz CT molecular complexity index is 1850. The summed E-state index contributed by atoms with van der Waals surface area (Å²) in [6, 6.07) is 41.7. The summed E-state index contributed by atoms with van der Waals surface area (Å²) in [5, 5.41) is 0. The molecule has 0 fully saturated rings. The molecule has 270 valence electrons. The van der Waals surface area contributed by atoms with E-state index < -0.39 is 0 Å². The van der Waals surface area contributed by atoms with Gasteiger partial charge in [-0.3, -0.25) is 9.98 Å². The molecule has 0 aliphatic carbocycles.